The number of aliphatic hydroxyl groups excluding tert-OH is 1. The third-order valence-electron chi connectivity index (χ3n) is 2.50. The lowest BCUT2D eigenvalue weighted by Crippen LogP contribution is -2.33. The molecule has 1 N–H and O–H groups in total. The minimum atomic E-state index is -0.285. The summed E-state index contributed by atoms with van der Waals surface area (Å²) in [6, 6.07) is 4.63. The molecule has 0 spiro atoms. The van der Waals surface area contributed by atoms with Crippen molar-refractivity contribution in [2.45, 2.75) is 26.4 Å². The fourth-order valence-corrected chi connectivity index (χ4v) is 1.71. The zero-order valence-electron chi connectivity index (χ0n) is 9.58. The van der Waals surface area contributed by atoms with Crippen LogP contribution in [0.2, 0.25) is 5.02 Å². The van der Waals surface area contributed by atoms with Gasteiger partial charge in [-0.2, -0.15) is 0 Å². The van der Waals surface area contributed by atoms with E-state index in [4.69, 9.17) is 16.7 Å². The minimum absolute atomic E-state index is 0.0884. The third-order valence-corrected chi connectivity index (χ3v) is 2.87. The third kappa shape index (κ3) is 3.74. The number of halogens is 2. The van der Waals surface area contributed by atoms with Gasteiger partial charge in [-0.15, -0.1) is 0 Å². The second-order valence-electron chi connectivity index (χ2n) is 4.02. The molecule has 0 radical (unpaired) electrons. The highest BCUT2D eigenvalue weighted by atomic mass is 35.5. The van der Waals surface area contributed by atoms with Gasteiger partial charge in [-0.25, -0.2) is 4.39 Å². The zero-order chi connectivity index (χ0) is 12.1. The molecule has 4 heteroatoms. The van der Waals surface area contributed by atoms with E-state index >= 15 is 0 Å². The summed E-state index contributed by atoms with van der Waals surface area (Å²) in [6.45, 7) is 5.26. The fourth-order valence-electron chi connectivity index (χ4n) is 1.53. The van der Waals surface area contributed by atoms with Crippen LogP contribution in [-0.2, 0) is 6.54 Å². The molecule has 1 aromatic carbocycles. The van der Waals surface area contributed by atoms with Gasteiger partial charge >= 0.3 is 0 Å². The SMILES string of the molecule is CC(C)N(CCO)Cc1cc(F)ccc1Cl. The second-order valence-corrected chi connectivity index (χ2v) is 4.43. The first kappa shape index (κ1) is 13.4. The predicted molar refractivity (Wildman–Crippen MR) is 64.0 cm³/mol. The van der Waals surface area contributed by atoms with Gasteiger partial charge in [-0.3, -0.25) is 4.90 Å². The summed E-state index contributed by atoms with van der Waals surface area (Å²) in [5.41, 5.74) is 0.754. The van der Waals surface area contributed by atoms with Crippen molar-refractivity contribution in [2.75, 3.05) is 13.2 Å². The quantitative estimate of drug-likeness (QED) is 0.862. The van der Waals surface area contributed by atoms with Crippen LogP contribution in [0.3, 0.4) is 0 Å². The molecule has 0 bridgehead atoms. The number of hydrogen-bond acceptors (Lipinski definition) is 2. The van der Waals surface area contributed by atoms with Crippen LogP contribution in [0.5, 0.6) is 0 Å². The van der Waals surface area contributed by atoms with Crippen LogP contribution in [0, 0.1) is 5.82 Å². The van der Waals surface area contributed by atoms with Crippen LogP contribution in [0.15, 0.2) is 18.2 Å². The molecule has 0 saturated heterocycles. The van der Waals surface area contributed by atoms with Crippen molar-refractivity contribution >= 4 is 11.6 Å². The fraction of sp³-hybridized carbons (Fsp3) is 0.500. The Balaban J connectivity index is 2.80. The first-order valence-electron chi connectivity index (χ1n) is 5.33. The van der Waals surface area contributed by atoms with Gasteiger partial charge in [0.15, 0.2) is 0 Å². The Hall–Kier alpha value is -0.640. The summed E-state index contributed by atoms with van der Waals surface area (Å²) < 4.78 is 13.1. The van der Waals surface area contributed by atoms with E-state index in [1.807, 2.05) is 18.7 Å². The second kappa shape index (κ2) is 6.18. The van der Waals surface area contributed by atoms with Gasteiger partial charge in [-0.1, -0.05) is 11.6 Å². The van der Waals surface area contributed by atoms with Crippen molar-refractivity contribution in [3.63, 3.8) is 0 Å². The van der Waals surface area contributed by atoms with Gasteiger partial charge in [0, 0.05) is 24.2 Å². The molecule has 0 aliphatic carbocycles. The van der Waals surface area contributed by atoms with E-state index in [1.165, 1.54) is 12.1 Å². The van der Waals surface area contributed by atoms with E-state index in [0.29, 0.717) is 18.1 Å². The summed E-state index contributed by atoms with van der Waals surface area (Å²) >= 11 is 5.99. The summed E-state index contributed by atoms with van der Waals surface area (Å²) in [5, 5.41) is 9.50. The van der Waals surface area contributed by atoms with Gasteiger partial charge in [0.1, 0.15) is 5.82 Å². The van der Waals surface area contributed by atoms with Crippen LogP contribution in [0.25, 0.3) is 0 Å². The van der Waals surface area contributed by atoms with Crippen LogP contribution < -0.4 is 0 Å². The number of nitrogens with zero attached hydrogens (tertiary/aromatic N) is 1. The molecule has 0 saturated carbocycles. The molecular formula is C12H17ClFNO. The maximum atomic E-state index is 13.1. The normalized spacial score (nSPS) is 11.4. The Morgan fingerprint density at radius 1 is 1.44 bits per heavy atom. The largest absolute Gasteiger partial charge is 0.395 e. The summed E-state index contributed by atoms with van der Waals surface area (Å²) in [6.07, 6.45) is 0. The van der Waals surface area contributed by atoms with Crippen molar-refractivity contribution in [2.24, 2.45) is 0 Å². The van der Waals surface area contributed by atoms with Gasteiger partial charge in [0.25, 0.3) is 0 Å². The van der Waals surface area contributed by atoms with E-state index in [9.17, 15) is 4.39 Å². The molecular weight excluding hydrogens is 229 g/mol. The van der Waals surface area contributed by atoms with Gasteiger partial charge in [-0.05, 0) is 37.6 Å². The Kier molecular flexibility index (Phi) is 5.19. The van der Waals surface area contributed by atoms with Crippen LogP contribution in [0.4, 0.5) is 4.39 Å². The zero-order valence-corrected chi connectivity index (χ0v) is 10.3. The summed E-state index contributed by atoms with van der Waals surface area (Å²) in [5.74, 6) is -0.285. The molecule has 0 heterocycles. The van der Waals surface area contributed by atoms with E-state index in [0.717, 1.165) is 5.56 Å². The Morgan fingerprint density at radius 2 is 2.12 bits per heavy atom. The highest BCUT2D eigenvalue weighted by Gasteiger charge is 2.11. The number of benzene rings is 1. The van der Waals surface area contributed by atoms with E-state index in [1.54, 1.807) is 6.07 Å². The molecule has 1 rings (SSSR count). The highest BCUT2D eigenvalue weighted by Crippen LogP contribution is 2.19. The first-order valence-corrected chi connectivity index (χ1v) is 5.71. The molecule has 0 amide bonds. The number of hydrogen-bond donors (Lipinski definition) is 1. The Bertz CT molecular complexity index is 344. The molecule has 1 aromatic rings. The van der Waals surface area contributed by atoms with Crippen LogP contribution >= 0.6 is 11.6 Å². The molecule has 0 unspecified atom stereocenters. The monoisotopic (exact) mass is 245 g/mol. The minimum Gasteiger partial charge on any atom is -0.395 e. The molecule has 90 valence electrons. The van der Waals surface area contributed by atoms with Crippen LogP contribution in [-0.4, -0.2) is 29.2 Å². The lowest BCUT2D eigenvalue weighted by Gasteiger charge is -2.26. The molecule has 0 atom stereocenters. The summed E-state index contributed by atoms with van der Waals surface area (Å²) in [7, 11) is 0. The standard InChI is InChI=1S/C12H17ClFNO/c1-9(2)15(5-6-16)8-10-7-11(14)3-4-12(10)13/h3-4,7,9,16H,5-6,8H2,1-2H3. The average molecular weight is 246 g/mol. The van der Waals surface area contributed by atoms with E-state index < -0.39 is 0 Å². The van der Waals surface area contributed by atoms with Crippen molar-refractivity contribution in [1.82, 2.24) is 4.90 Å². The molecule has 0 aromatic heterocycles. The van der Waals surface area contributed by atoms with Crippen molar-refractivity contribution in [3.8, 4) is 0 Å². The highest BCUT2D eigenvalue weighted by molar-refractivity contribution is 6.31. The molecule has 16 heavy (non-hydrogen) atoms. The predicted octanol–water partition coefficient (Wildman–Crippen LogP) is 2.68. The maximum absolute atomic E-state index is 13.1. The molecule has 0 aliphatic rings. The topological polar surface area (TPSA) is 23.5 Å². The Labute approximate surface area is 101 Å². The first-order chi connectivity index (χ1) is 7.54. The molecule has 0 aliphatic heterocycles. The average Bonchev–Trinajstić information content (AvgIpc) is 2.22. The summed E-state index contributed by atoms with van der Waals surface area (Å²) in [4.78, 5) is 2.04. The van der Waals surface area contributed by atoms with Gasteiger partial charge < -0.3 is 5.11 Å². The molecule has 0 fully saturated rings. The number of rotatable bonds is 5. The van der Waals surface area contributed by atoms with Crippen molar-refractivity contribution in [3.05, 3.63) is 34.6 Å². The van der Waals surface area contributed by atoms with Gasteiger partial charge in [0.2, 0.25) is 0 Å². The van der Waals surface area contributed by atoms with E-state index in [2.05, 4.69) is 0 Å². The lowest BCUT2D eigenvalue weighted by molar-refractivity contribution is 0.159. The lowest BCUT2D eigenvalue weighted by atomic mass is 10.2. The van der Waals surface area contributed by atoms with Gasteiger partial charge in [0.05, 0.1) is 6.61 Å². The van der Waals surface area contributed by atoms with Crippen LogP contribution in [0.1, 0.15) is 19.4 Å². The molecule has 2 nitrogen and oxygen atoms in total. The smallest absolute Gasteiger partial charge is 0.123 e. The van der Waals surface area contributed by atoms with Crippen molar-refractivity contribution in [1.29, 1.82) is 0 Å². The Morgan fingerprint density at radius 3 is 2.69 bits per heavy atom. The maximum Gasteiger partial charge on any atom is 0.123 e. The van der Waals surface area contributed by atoms with Crippen molar-refractivity contribution < 1.29 is 9.50 Å². The van der Waals surface area contributed by atoms with E-state index in [-0.39, 0.29) is 18.5 Å². The number of aliphatic hydroxyl groups is 1.